The summed E-state index contributed by atoms with van der Waals surface area (Å²) in [5.41, 5.74) is -0.0729. The molecule has 4 nitrogen and oxygen atoms in total. The first-order valence-corrected chi connectivity index (χ1v) is 6.12. The van der Waals surface area contributed by atoms with Gasteiger partial charge in [-0.1, -0.05) is 0 Å². The zero-order valence-electron chi connectivity index (χ0n) is 7.03. The van der Waals surface area contributed by atoms with Crippen molar-refractivity contribution in [3.8, 4) is 10.6 Å². The van der Waals surface area contributed by atoms with E-state index in [1.807, 2.05) is 0 Å². The topological polar surface area (TPSA) is 63.3 Å². The predicted octanol–water partition coefficient (Wildman–Crippen LogP) is 3.63. The summed E-state index contributed by atoms with van der Waals surface area (Å²) in [5.74, 6) is -0.821. The summed E-state index contributed by atoms with van der Waals surface area (Å²) in [4.78, 5) is 15.2. The van der Waals surface area contributed by atoms with E-state index in [-0.39, 0.29) is 11.5 Å². The lowest BCUT2D eigenvalue weighted by molar-refractivity contribution is 0.0691. The molecule has 0 amide bonds. The first-order valence-electron chi connectivity index (χ1n) is 3.71. The van der Waals surface area contributed by atoms with Crippen LogP contribution in [0, 0.1) is 0 Å². The average Bonchev–Trinajstić information content (AvgIpc) is 2.73. The Morgan fingerprint density at radius 3 is 2.80 bits per heavy atom. The van der Waals surface area contributed by atoms with Crippen LogP contribution >= 0.6 is 43.2 Å². The summed E-state index contributed by atoms with van der Waals surface area (Å²) in [7, 11) is 0. The molecule has 1 N–H and O–H groups in total. The molecule has 2 rings (SSSR count). The second kappa shape index (κ2) is 4.07. The van der Waals surface area contributed by atoms with Crippen LogP contribution < -0.4 is 0 Å². The molecule has 2 heterocycles. The number of aromatic nitrogens is 1. The molecule has 7 heteroatoms. The number of thiophene rings is 1. The molecule has 2 aromatic heterocycles. The molecule has 78 valence electrons. The van der Waals surface area contributed by atoms with E-state index >= 15 is 0 Å². The van der Waals surface area contributed by atoms with Gasteiger partial charge in [-0.2, -0.15) is 0 Å². The molecular formula is C8H3Br2NO3S. The number of oxazole rings is 1. The Balaban J connectivity index is 2.54. The van der Waals surface area contributed by atoms with Crippen LogP contribution in [0.5, 0.6) is 0 Å². The van der Waals surface area contributed by atoms with Gasteiger partial charge in [-0.05, 0) is 37.9 Å². The van der Waals surface area contributed by atoms with Gasteiger partial charge < -0.3 is 9.52 Å². The van der Waals surface area contributed by atoms with E-state index in [9.17, 15) is 4.79 Å². The molecule has 0 atom stereocenters. The van der Waals surface area contributed by atoms with Crippen molar-refractivity contribution in [2.75, 3.05) is 0 Å². The smallest absolute Gasteiger partial charge is 0.358 e. The number of rotatable bonds is 2. The largest absolute Gasteiger partial charge is 0.476 e. The Hall–Kier alpha value is -0.660. The number of carbonyl (C=O) groups is 1. The lowest BCUT2D eigenvalue weighted by Gasteiger charge is -1.91. The SMILES string of the molecule is O=C(O)c1ncoc1-c1cc(Br)c(Br)s1. The summed E-state index contributed by atoms with van der Waals surface area (Å²) >= 11 is 8.02. The van der Waals surface area contributed by atoms with E-state index in [0.717, 1.165) is 14.7 Å². The Kier molecular flexibility index (Phi) is 2.94. The zero-order chi connectivity index (χ0) is 11.0. The second-order valence-corrected chi connectivity index (χ2v) is 5.79. The molecule has 0 aliphatic rings. The van der Waals surface area contributed by atoms with Crippen molar-refractivity contribution in [2.45, 2.75) is 0 Å². The van der Waals surface area contributed by atoms with Crippen LogP contribution in [-0.4, -0.2) is 16.1 Å². The Labute approximate surface area is 105 Å². The lowest BCUT2D eigenvalue weighted by Crippen LogP contribution is -1.97. The zero-order valence-corrected chi connectivity index (χ0v) is 11.0. The van der Waals surface area contributed by atoms with Crippen molar-refractivity contribution in [2.24, 2.45) is 0 Å². The molecule has 0 spiro atoms. The minimum absolute atomic E-state index is 0.0729. The molecule has 0 fully saturated rings. The molecule has 0 bridgehead atoms. The van der Waals surface area contributed by atoms with Crippen LogP contribution in [0.3, 0.4) is 0 Å². The van der Waals surface area contributed by atoms with Gasteiger partial charge in [0.15, 0.2) is 17.8 Å². The van der Waals surface area contributed by atoms with Crippen LogP contribution in [-0.2, 0) is 0 Å². The van der Waals surface area contributed by atoms with Gasteiger partial charge in [-0.25, -0.2) is 9.78 Å². The standard InChI is InChI=1S/C8H3Br2NO3S/c9-3-1-4(15-7(3)10)6-5(8(12)13)11-2-14-6/h1-2H,(H,12,13). The molecule has 2 aromatic rings. The molecule has 0 radical (unpaired) electrons. The van der Waals surface area contributed by atoms with Crippen LogP contribution in [0.4, 0.5) is 0 Å². The van der Waals surface area contributed by atoms with E-state index < -0.39 is 5.97 Å². The van der Waals surface area contributed by atoms with E-state index in [4.69, 9.17) is 9.52 Å². The number of carboxylic acid groups (broad SMARTS) is 1. The van der Waals surface area contributed by atoms with Gasteiger partial charge in [0.2, 0.25) is 0 Å². The second-order valence-electron chi connectivity index (χ2n) is 2.57. The quantitative estimate of drug-likeness (QED) is 0.896. The maximum absolute atomic E-state index is 10.8. The van der Waals surface area contributed by atoms with Crippen molar-refractivity contribution >= 4 is 49.2 Å². The molecule has 0 saturated carbocycles. The van der Waals surface area contributed by atoms with Gasteiger partial charge in [0, 0.05) is 4.47 Å². The van der Waals surface area contributed by atoms with Crippen LogP contribution in [0.2, 0.25) is 0 Å². The van der Waals surface area contributed by atoms with Crippen LogP contribution in [0.25, 0.3) is 10.6 Å². The maximum Gasteiger partial charge on any atom is 0.358 e. The summed E-state index contributed by atoms with van der Waals surface area (Å²) in [5, 5.41) is 8.85. The van der Waals surface area contributed by atoms with Crippen molar-refractivity contribution in [1.29, 1.82) is 0 Å². The van der Waals surface area contributed by atoms with Gasteiger partial charge in [-0.15, -0.1) is 11.3 Å². The summed E-state index contributed by atoms with van der Waals surface area (Å²) in [6, 6.07) is 1.78. The molecule has 0 unspecified atom stereocenters. The predicted molar refractivity (Wildman–Crippen MR) is 62.2 cm³/mol. The van der Waals surface area contributed by atoms with Gasteiger partial charge in [0.1, 0.15) is 0 Å². The normalized spacial score (nSPS) is 10.5. The average molecular weight is 353 g/mol. The molecule has 0 saturated heterocycles. The first kappa shape index (κ1) is 10.8. The third-order valence-electron chi connectivity index (χ3n) is 1.64. The van der Waals surface area contributed by atoms with Gasteiger partial charge >= 0.3 is 5.97 Å². The summed E-state index contributed by atoms with van der Waals surface area (Å²) in [6.45, 7) is 0. The van der Waals surface area contributed by atoms with Crippen LogP contribution in [0.15, 0.2) is 25.1 Å². The van der Waals surface area contributed by atoms with Crippen molar-refractivity contribution in [1.82, 2.24) is 4.98 Å². The third-order valence-corrected chi connectivity index (χ3v) is 4.89. The molecule has 15 heavy (non-hydrogen) atoms. The van der Waals surface area contributed by atoms with Crippen molar-refractivity contribution in [3.05, 3.63) is 26.4 Å². The van der Waals surface area contributed by atoms with Crippen molar-refractivity contribution in [3.63, 3.8) is 0 Å². The van der Waals surface area contributed by atoms with Gasteiger partial charge in [0.25, 0.3) is 0 Å². The van der Waals surface area contributed by atoms with E-state index in [1.165, 1.54) is 11.3 Å². The molecular weight excluding hydrogens is 350 g/mol. The number of nitrogens with zero attached hydrogens (tertiary/aromatic N) is 1. The maximum atomic E-state index is 10.8. The highest BCUT2D eigenvalue weighted by Crippen LogP contribution is 2.39. The monoisotopic (exact) mass is 351 g/mol. The molecule has 0 aliphatic heterocycles. The fourth-order valence-electron chi connectivity index (χ4n) is 1.03. The Morgan fingerprint density at radius 2 is 2.27 bits per heavy atom. The number of hydrogen-bond acceptors (Lipinski definition) is 4. The first-order chi connectivity index (χ1) is 7.09. The highest BCUT2D eigenvalue weighted by Gasteiger charge is 2.19. The Bertz CT molecular complexity index is 500. The number of hydrogen-bond donors (Lipinski definition) is 1. The number of aromatic carboxylic acids is 1. The fourth-order valence-corrected chi connectivity index (χ4v) is 3.06. The van der Waals surface area contributed by atoms with Crippen molar-refractivity contribution < 1.29 is 14.3 Å². The van der Waals surface area contributed by atoms with Gasteiger partial charge in [0.05, 0.1) is 8.66 Å². The summed E-state index contributed by atoms with van der Waals surface area (Å²) in [6.07, 6.45) is 1.13. The van der Waals surface area contributed by atoms with Gasteiger partial charge in [-0.3, -0.25) is 0 Å². The third kappa shape index (κ3) is 1.99. The highest BCUT2D eigenvalue weighted by molar-refractivity contribution is 9.13. The lowest BCUT2D eigenvalue weighted by atomic mass is 10.3. The molecule has 0 aromatic carbocycles. The van der Waals surface area contributed by atoms with E-state index in [0.29, 0.717) is 4.88 Å². The summed E-state index contributed by atoms with van der Waals surface area (Å²) < 4.78 is 6.79. The van der Waals surface area contributed by atoms with Crippen LogP contribution in [0.1, 0.15) is 10.5 Å². The fraction of sp³-hybridized carbons (Fsp3) is 0. The van der Waals surface area contributed by atoms with E-state index in [1.54, 1.807) is 6.07 Å². The number of carboxylic acids is 1. The Morgan fingerprint density at radius 1 is 1.53 bits per heavy atom. The van der Waals surface area contributed by atoms with E-state index in [2.05, 4.69) is 36.8 Å². The highest BCUT2D eigenvalue weighted by atomic mass is 79.9. The molecule has 0 aliphatic carbocycles. The number of halogens is 2. The minimum Gasteiger partial charge on any atom is -0.476 e. The minimum atomic E-state index is -1.10.